The number of carbonyl (C=O) groups is 2. The zero-order valence-corrected chi connectivity index (χ0v) is 16.2. The summed E-state index contributed by atoms with van der Waals surface area (Å²) < 4.78 is 31.7. The fourth-order valence-corrected chi connectivity index (χ4v) is 4.42. The first-order chi connectivity index (χ1) is 13.7. The minimum absolute atomic E-state index is 0.117. The third-order valence-corrected chi connectivity index (χ3v) is 5.83. The minimum atomic E-state index is -5.08. The molecule has 6 nitrogen and oxygen atoms in total. The number of halogens is 3. The van der Waals surface area contributed by atoms with Crippen molar-refractivity contribution in [3.8, 4) is 0 Å². The van der Waals surface area contributed by atoms with Gasteiger partial charge in [0.2, 0.25) is 5.91 Å². The van der Waals surface area contributed by atoms with E-state index in [1.165, 1.54) is 4.88 Å². The number of pyridine rings is 1. The van der Waals surface area contributed by atoms with Crippen molar-refractivity contribution < 1.29 is 27.9 Å². The molecule has 2 aromatic rings. The van der Waals surface area contributed by atoms with E-state index in [9.17, 15) is 18.0 Å². The maximum atomic E-state index is 12.4. The molecule has 2 aromatic heterocycles. The van der Waals surface area contributed by atoms with E-state index in [0.717, 1.165) is 38.4 Å². The van der Waals surface area contributed by atoms with Crippen molar-refractivity contribution in [2.75, 3.05) is 24.5 Å². The number of hydrogen-bond donors (Lipinski definition) is 1. The maximum absolute atomic E-state index is 12.4. The predicted molar refractivity (Wildman–Crippen MR) is 102 cm³/mol. The average molecular weight is 427 g/mol. The van der Waals surface area contributed by atoms with Gasteiger partial charge in [-0.1, -0.05) is 12.1 Å². The summed E-state index contributed by atoms with van der Waals surface area (Å²) >= 11 is 1.81. The lowest BCUT2D eigenvalue weighted by atomic mass is 9.86. The number of aromatic nitrogens is 1. The Morgan fingerprint density at radius 3 is 2.59 bits per heavy atom. The summed E-state index contributed by atoms with van der Waals surface area (Å²) in [5.74, 6) is -1.75. The zero-order chi connectivity index (χ0) is 21.1. The second-order valence-electron chi connectivity index (χ2n) is 7.19. The third-order valence-electron chi connectivity index (χ3n) is 4.97. The van der Waals surface area contributed by atoms with Gasteiger partial charge in [0.25, 0.3) is 0 Å². The van der Waals surface area contributed by atoms with E-state index in [0.29, 0.717) is 6.42 Å². The fraction of sp³-hybridized carbons (Fsp3) is 0.421. The molecule has 1 unspecified atom stereocenters. The van der Waals surface area contributed by atoms with Gasteiger partial charge in [-0.25, -0.2) is 9.78 Å². The zero-order valence-electron chi connectivity index (χ0n) is 15.4. The number of amides is 1. The van der Waals surface area contributed by atoms with Gasteiger partial charge in [-0.05, 0) is 36.5 Å². The van der Waals surface area contributed by atoms with Gasteiger partial charge in [0.1, 0.15) is 5.82 Å². The quantitative estimate of drug-likeness (QED) is 0.813. The van der Waals surface area contributed by atoms with Gasteiger partial charge in [0.15, 0.2) is 0 Å². The molecule has 0 aliphatic carbocycles. The van der Waals surface area contributed by atoms with E-state index in [-0.39, 0.29) is 11.3 Å². The second kappa shape index (κ2) is 8.50. The highest BCUT2D eigenvalue weighted by Gasteiger charge is 2.48. The van der Waals surface area contributed by atoms with Crippen LogP contribution in [0.1, 0.15) is 17.7 Å². The first kappa shape index (κ1) is 21.3. The van der Waals surface area contributed by atoms with Crippen molar-refractivity contribution >= 4 is 29.0 Å². The van der Waals surface area contributed by atoms with Gasteiger partial charge >= 0.3 is 12.1 Å². The topological polar surface area (TPSA) is 73.7 Å². The molecule has 2 aliphatic rings. The third kappa shape index (κ3) is 5.33. The van der Waals surface area contributed by atoms with Gasteiger partial charge in [-0.3, -0.25) is 14.6 Å². The van der Waals surface area contributed by atoms with E-state index in [1.54, 1.807) is 6.20 Å². The summed E-state index contributed by atoms with van der Waals surface area (Å²) in [6.07, 6.45) is -1.57. The highest BCUT2D eigenvalue weighted by molar-refractivity contribution is 7.09. The molecule has 29 heavy (non-hydrogen) atoms. The van der Waals surface area contributed by atoms with Gasteiger partial charge in [-0.15, -0.1) is 11.3 Å². The van der Waals surface area contributed by atoms with Crippen LogP contribution in [0.3, 0.4) is 0 Å². The summed E-state index contributed by atoms with van der Waals surface area (Å²) in [5, 5.41) is 9.25. The Hall–Kier alpha value is -2.46. The van der Waals surface area contributed by atoms with E-state index in [1.807, 2.05) is 34.4 Å². The average Bonchev–Trinajstić information content (AvgIpc) is 3.38. The molecule has 1 spiro atoms. The van der Waals surface area contributed by atoms with Crippen molar-refractivity contribution in [1.29, 1.82) is 0 Å². The molecule has 1 atom stereocenters. The molecule has 0 radical (unpaired) electrons. The highest BCUT2D eigenvalue weighted by atomic mass is 32.1. The van der Waals surface area contributed by atoms with Crippen LogP contribution in [-0.4, -0.2) is 52.7 Å². The number of nitrogens with zero attached hydrogens (tertiary/aromatic N) is 3. The van der Waals surface area contributed by atoms with Crippen LogP contribution in [0.4, 0.5) is 19.0 Å². The van der Waals surface area contributed by atoms with Crippen LogP contribution in [0.5, 0.6) is 0 Å². The van der Waals surface area contributed by atoms with Crippen molar-refractivity contribution in [3.05, 3.63) is 46.8 Å². The Bertz CT molecular complexity index is 845. The summed E-state index contributed by atoms with van der Waals surface area (Å²) in [6, 6.07) is 10.1. The first-order valence-electron chi connectivity index (χ1n) is 8.95. The second-order valence-corrected chi connectivity index (χ2v) is 8.22. The van der Waals surface area contributed by atoms with Gasteiger partial charge in [0.05, 0.1) is 0 Å². The molecule has 0 saturated carbocycles. The molecular weight excluding hydrogens is 407 g/mol. The van der Waals surface area contributed by atoms with E-state index in [2.05, 4.69) is 27.4 Å². The van der Waals surface area contributed by atoms with E-state index >= 15 is 0 Å². The smallest absolute Gasteiger partial charge is 0.475 e. The van der Waals surface area contributed by atoms with Gasteiger partial charge in [0, 0.05) is 42.5 Å². The molecule has 2 aliphatic heterocycles. The summed E-state index contributed by atoms with van der Waals surface area (Å²) in [7, 11) is 0. The number of thiophene rings is 1. The van der Waals surface area contributed by atoms with Crippen molar-refractivity contribution in [2.24, 2.45) is 5.41 Å². The van der Waals surface area contributed by atoms with Crippen LogP contribution in [0.2, 0.25) is 0 Å². The lowest BCUT2D eigenvalue weighted by Gasteiger charge is -2.23. The van der Waals surface area contributed by atoms with Crippen molar-refractivity contribution in [2.45, 2.75) is 25.6 Å². The number of aliphatic carboxylic acids is 1. The molecule has 1 amide bonds. The molecule has 156 valence electrons. The van der Waals surface area contributed by atoms with E-state index in [4.69, 9.17) is 9.90 Å². The number of carboxylic acid groups (broad SMARTS) is 1. The molecule has 1 N–H and O–H groups in total. The Labute approximate surface area is 169 Å². The Balaban J connectivity index is 0.000000298. The van der Waals surface area contributed by atoms with Crippen molar-refractivity contribution in [3.63, 3.8) is 0 Å². The summed E-state index contributed by atoms with van der Waals surface area (Å²) in [4.78, 5) is 31.4. The maximum Gasteiger partial charge on any atom is 0.490 e. The van der Waals surface area contributed by atoms with Crippen LogP contribution in [0.25, 0.3) is 0 Å². The summed E-state index contributed by atoms with van der Waals surface area (Å²) in [6.45, 7) is 3.92. The molecule has 4 rings (SSSR count). The number of hydrogen-bond acceptors (Lipinski definition) is 5. The fourth-order valence-electron chi connectivity index (χ4n) is 3.68. The predicted octanol–water partition coefficient (Wildman–Crippen LogP) is 3.41. The molecule has 0 aromatic carbocycles. The minimum Gasteiger partial charge on any atom is -0.475 e. The number of likely N-dealkylation sites (tertiary alicyclic amines) is 1. The van der Waals surface area contributed by atoms with Gasteiger partial charge in [-0.2, -0.15) is 13.2 Å². The largest absolute Gasteiger partial charge is 0.490 e. The molecule has 4 heterocycles. The standard InChI is InChI=1S/C17H19N3OS.C2HF3O2/c21-16-10-17(13-20(16)15-5-1-2-7-18-15)6-8-19(12-17)11-14-4-3-9-22-14;3-2(4,5)1(6)7/h1-5,7,9H,6,8,10-13H2;(H,6,7). The normalized spacial score (nSPS) is 22.0. The molecule has 10 heteroatoms. The number of rotatable bonds is 3. The highest BCUT2D eigenvalue weighted by Crippen LogP contribution is 2.41. The number of alkyl halides is 3. The summed E-state index contributed by atoms with van der Waals surface area (Å²) in [5.41, 5.74) is 0.117. The first-order valence-corrected chi connectivity index (χ1v) is 9.83. The van der Waals surface area contributed by atoms with Crippen molar-refractivity contribution in [1.82, 2.24) is 9.88 Å². The number of anilines is 1. The van der Waals surface area contributed by atoms with Gasteiger partial charge < -0.3 is 5.11 Å². The van der Waals surface area contributed by atoms with Crippen LogP contribution in [-0.2, 0) is 16.1 Å². The molecule has 2 saturated heterocycles. The number of carbonyl (C=O) groups excluding carboxylic acids is 1. The molecular formula is C19H20F3N3O3S. The Morgan fingerprint density at radius 2 is 2.00 bits per heavy atom. The van der Waals surface area contributed by atoms with Crippen LogP contribution >= 0.6 is 11.3 Å². The lowest BCUT2D eigenvalue weighted by Crippen LogP contribution is -2.31. The van der Waals surface area contributed by atoms with E-state index < -0.39 is 12.1 Å². The Kier molecular flexibility index (Phi) is 6.23. The van der Waals surface area contributed by atoms with Crippen LogP contribution in [0.15, 0.2) is 41.9 Å². The van der Waals surface area contributed by atoms with Crippen LogP contribution < -0.4 is 4.90 Å². The number of carboxylic acids is 1. The lowest BCUT2D eigenvalue weighted by molar-refractivity contribution is -0.192. The SMILES string of the molecule is O=C(O)C(F)(F)F.O=C1CC2(CCN(Cc3cccs3)C2)CN1c1ccccn1. The van der Waals surface area contributed by atoms with Crippen LogP contribution in [0, 0.1) is 5.41 Å². The molecule has 0 bridgehead atoms. The molecule has 2 fully saturated rings. The monoisotopic (exact) mass is 427 g/mol. The Morgan fingerprint density at radius 1 is 1.24 bits per heavy atom.